The summed E-state index contributed by atoms with van der Waals surface area (Å²) in [5.74, 6) is 0. The monoisotopic (exact) mass is 1860 g/mol. The number of aromatic nitrogens is 12. The number of nitrogens with zero attached hydrogens (tertiary/aromatic N) is 12. The highest BCUT2D eigenvalue weighted by atomic mass is 16.3. The molecule has 2 aliphatic carbocycles. The molecule has 0 saturated heterocycles. The molecule has 0 bridgehead atoms. The summed E-state index contributed by atoms with van der Waals surface area (Å²) in [6, 6.07) is 106. The van der Waals surface area contributed by atoms with Gasteiger partial charge in [-0.25, -0.2) is 32.4 Å². The van der Waals surface area contributed by atoms with Gasteiger partial charge in [0.05, 0.1) is 68.8 Å². The average molecular weight is 1860 g/mol. The second-order valence-electron chi connectivity index (χ2n) is 41.7. The van der Waals surface area contributed by atoms with Crippen LogP contribution in [0.1, 0.15) is 111 Å². The minimum absolute atomic E-state index is 0.0434. The smallest absolute Gasteiger partial charge is 0.360 e. The van der Waals surface area contributed by atoms with E-state index in [0.29, 0.717) is 0 Å². The molecular formula is C129H124N12O+8. The molecule has 13 heteroatoms. The van der Waals surface area contributed by atoms with E-state index in [9.17, 15) is 0 Å². The molecule has 0 aliphatic heterocycles. The van der Waals surface area contributed by atoms with Crippen molar-refractivity contribution in [1.29, 1.82) is 0 Å². The van der Waals surface area contributed by atoms with Crippen LogP contribution in [0.25, 0.3) is 192 Å². The van der Waals surface area contributed by atoms with Gasteiger partial charge in [-0.1, -0.05) is 237 Å². The summed E-state index contributed by atoms with van der Waals surface area (Å²) in [7, 11) is 17.0. The van der Waals surface area contributed by atoms with Gasteiger partial charge in [0.25, 0.3) is 5.65 Å². The minimum Gasteiger partial charge on any atom is -0.448 e. The first-order valence-corrected chi connectivity index (χ1v) is 49.7. The Morgan fingerprint density at radius 2 is 0.704 bits per heavy atom. The number of hydrogen-bond donors (Lipinski definition) is 0. The van der Waals surface area contributed by atoms with E-state index >= 15 is 0 Å². The number of imidazole rings is 3. The number of para-hydroxylation sites is 4. The molecule has 0 saturated carbocycles. The molecule has 0 spiro atoms. The van der Waals surface area contributed by atoms with Crippen LogP contribution in [-0.2, 0) is 78.0 Å². The quantitative estimate of drug-likeness (QED) is 0.0862. The fraction of sp³-hybridized carbons (Fsp3) is 0.202. The lowest BCUT2D eigenvalue weighted by molar-refractivity contribution is -0.664. The summed E-state index contributed by atoms with van der Waals surface area (Å²) in [4.78, 5) is 4.49. The topological polar surface area (TPSA) is 70.3 Å². The van der Waals surface area contributed by atoms with Crippen molar-refractivity contribution in [2.24, 2.45) is 56.4 Å². The van der Waals surface area contributed by atoms with Gasteiger partial charge < -0.3 is 4.42 Å². The molecule has 26 aromatic rings. The maximum Gasteiger partial charge on any atom is 0.360 e. The third-order valence-corrected chi connectivity index (χ3v) is 32.5. The first-order chi connectivity index (χ1) is 68.4. The van der Waals surface area contributed by atoms with E-state index in [-0.39, 0.29) is 21.7 Å². The summed E-state index contributed by atoms with van der Waals surface area (Å²) in [5, 5.41) is 22.3. The van der Waals surface area contributed by atoms with E-state index in [4.69, 9.17) is 4.42 Å². The van der Waals surface area contributed by atoms with Crippen molar-refractivity contribution in [3.05, 3.63) is 409 Å². The van der Waals surface area contributed by atoms with E-state index in [1.807, 2.05) is 6.33 Å². The minimum atomic E-state index is 0.0434. The highest BCUT2D eigenvalue weighted by Gasteiger charge is 2.52. The van der Waals surface area contributed by atoms with Crippen molar-refractivity contribution in [2.75, 3.05) is 0 Å². The second-order valence-corrected chi connectivity index (χ2v) is 41.7. The first-order valence-electron chi connectivity index (χ1n) is 49.7. The van der Waals surface area contributed by atoms with Gasteiger partial charge in [-0.05, 0) is 203 Å². The molecule has 2 aliphatic rings. The van der Waals surface area contributed by atoms with Crippen LogP contribution in [0.3, 0.4) is 0 Å². The molecule has 0 amide bonds. The zero-order chi connectivity index (χ0) is 98.8. The molecule has 13 nitrogen and oxygen atoms in total. The molecule has 0 radical (unpaired) electrons. The number of hydrogen-bond acceptors (Lipinski definition) is 2. The first kappa shape index (κ1) is 91.1. The van der Waals surface area contributed by atoms with Crippen LogP contribution < -0.4 is 36.5 Å². The number of benzene rings is 13. The van der Waals surface area contributed by atoms with E-state index in [1.165, 1.54) is 220 Å². The lowest BCUT2D eigenvalue weighted by Crippen LogP contribution is -2.48. The molecule has 0 N–H and O–H groups in total. The van der Waals surface area contributed by atoms with E-state index in [1.54, 1.807) is 0 Å². The number of pyridine rings is 9. The third-order valence-electron chi connectivity index (χ3n) is 32.5. The largest absolute Gasteiger partial charge is 0.448 e. The fourth-order valence-electron chi connectivity index (χ4n) is 24.1. The van der Waals surface area contributed by atoms with Gasteiger partial charge in [-0.3, -0.25) is 4.40 Å². The average Bonchev–Trinajstić information content (AvgIpc) is 1.67. The summed E-state index contributed by atoms with van der Waals surface area (Å²) in [6.45, 7) is 32.2. The van der Waals surface area contributed by atoms with E-state index < -0.39 is 0 Å². The van der Waals surface area contributed by atoms with Crippen molar-refractivity contribution in [2.45, 2.75) is 119 Å². The van der Waals surface area contributed by atoms with Crippen LogP contribution in [0, 0.1) is 41.5 Å². The van der Waals surface area contributed by atoms with Crippen LogP contribution in [0.5, 0.6) is 0 Å². The van der Waals surface area contributed by atoms with Gasteiger partial charge in [0.2, 0.25) is 33.5 Å². The van der Waals surface area contributed by atoms with Gasteiger partial charge in [-0.2, -0.15) is 17.9 Å². The Bertz CT molecular complexity index is 9330. The Hall–Kier alpha value is -16.0. The van der Waals surface area contributed by atoms with Crippen molar-refractivity contribution in [1.82, 2.24) is 18.2 Å². The molecule has 13 aromatic heterocycles. The maximum absolute atomic E-state index is 6.24. The molecule has 0 atom stereocenters. The Morgan fingerprint density at radius 3 is 1.37 bits per heavy atom. The van der Waals surface area contributed by atoms with Crippen LogP contribution in [0.2, 0.25) is 0 Å². The zero-order valence-corrected chi connectivity index (χ0v) is 85.8. The molecule has 142 heavy (non-hydrogen) atoms. The molecule has 13 aromatic carbocycles. The summed E-state index contributed by atoms with van der Waals surface area (Å²) < 4.78 is 30.9. The highest BCUT2D eigenvalue weighted by molar-refractivity contribution is 6.24. The van der Waals surface area contributed by atoms with Crippen LogP contribution in [0.15, 0.2) is 358 Å². The Morgan fingerprint density at radius 1 is 0.275 bits per heavy atom. The van der Waals surface area contributed by atoms with Crippen molar-refractivity contribution in [3.8, 4) is 22.5 Å². The van der Waals surface area contributed by atoms with Crippen molar-refractivity contribution in [3.63, 3.8) is 0 Å². The third kappa shape index (κ3) is 14.1. The summed E-state index contributed by atoms with van der Waals surface area (Å²) in [6.07, 6.45) is 19.0. The molecule has 13 heterocycles. The SMILES string of the molecule is C[n+]1cccc2c3ccccc3n3cc[n+](C)c3c21.Cc1cccc2c1-c1c(c3ccccc3c[n+]1C)C(C)(C)C2(C)C.Cc1cccc2c1-c1c(ccc[n+]1C)C(C)(C)C2(C)C.Cc1cccc2c3cccc4oc5cccc6c5n(c43)c(c12)[n+]6C.Cc1cccc2c3ccccc3c3ccc[n+](C)c3c12.Cc1cccc2ccc3ccc[n+](C)c3c12.Cc1ncn2c3ccccc3c3ccc[n+](C)c3c12. The second kappa shape index (κ2) is 34.5. The van der Waals surface area contributed by atoms with Gasteiger partial charge in [-0.15, -0.1) is 0 Å². The fourth-order valence-corrected chi connectivity index (χ4v) is 24.1. The molecule has 0 fully saturated rings. The maximum atomic E-state index is 6.24. The van der Waals surface area contributed by atoms with E-state index in [2.05, 4.69) is 555 Å². The Balaban J connectivity index is 0.0000000952. The molecule has 698 valence electrons. The zero-order valence-electron chi connectivity index (χ0n) is 85.8. The number of aryl methyl sites for hydroxylation is 14. The number of rotatable bonds is 0. The summed E-state index contributed by atoms with van der Waals surface area (Å²) >= 11 is 0. The van der Waals surface area contributed by atoms with Crippen LogP contribution >= 0.6 is 0 Å². The highest BCUT2D eigenvalue weighted by Crippen LogP contribution is 2.57. The summed E-state index contributed by atoms with van der Waals surface area (Å²) in [5.41, 5.74) is 36.2. The standard InChI is InChI=1S/C23H26N.C21H15N2O.C19H16N.C19H24N.C16H15N3.C16H14N3.C15H14N/c1-15-10-9-13-18-19(15)21-20(23(4,5)22(18,2)3)17-12-8-7-11-16(17)14-24(21)6;1-12-6-3-7-13-14-8-4-10-16-19(14)23-20-15(9-5-11-17(20)24-16)22(2)21(23)18(12)13;1-13-7-5-10-16-14-8-3-4-9-15(14)17-11-6-12-20(2)19(17)18(13)16;1-13-9-7-10-14-16(13)17-15(11-8-12-20(17)6)19(4,5)18(14,2)3;1-17-9-5-7-13-12-6-3-4-8-14(12)19-11-10-18(2)16(19)15(13)17;1-11-15-16-13(7-5-9-18(16)2)12-6-3-4-8-14(12)19(15)10-17-11;1-11-5-3-6-12-8-9-13-7-4-10-16(2)15(13)14(11)12/h7-14H,1-6H3;3-11H,1-2H3;3-12H,1-2H3;7-12H,1-6H3;3-11H,1-2H3;3-10H,1-2H3;3-10H,1-2H3/q4*+1;+2;2*+1. The van der Waals surface area contributed by atoms with Crippen molar-refractivity contribution >= 4 is 169 Å². The Kier molecular flexibility index (Phi) is 22.1. The van der Waals surface area contributed by atoms with E-state index in [0.717, 1.165) is 27.9 Å². The normalized spacial score (nSPS) is 13.6. The predicted molar refractivity (Wildman–Crippen MR) is 585 cm³/mol. The van der Waals surface area contributed by atoms with Gasteiger partial charge in [0, 0.05) is 84.6 Å². The number of fused-ring (bicyclic) bond motifs is 32. The van der Waals surface area contributed by atoms with Gasteiger partial charge in [0.15, 0.2) is 59.4 Å². The Labute approximate surface area is 829 Å². The predicted octanol–water partition coefficient (Wildman–Crippen LogP) is 26.1. The van der Waals surface area contributed by atoms with Crippen LogP contribution in [-0.4, -0.2) is 18.2 Å². The molecule has 28 rings (SSSR count). The van der Waals surface area contributed by atoms with Crippen LogP contribution in [0.4, 0.5) is 0 Å². The van der Waals surface area contributed by atoms with Gasteiger partial charge >= 0.3 is 11.2 Å². The lowest BCUT2D eigenvalue weighted by Gasteiger charge is -2.47. The van der Waals surface area contributed by atoms with Gasteiger partial charge in [0.1, 0.15) is 72.0 Å². The van der Waals surface area contributed by atoms with Crippen molar-refractivity contribution < 1.29 is 41.0 Å². The lowest BCUT2D eigenvalue weighted by atomic mass is 9.55. The molecular weight excluding hydrogens is 1730 g/mol. The molecule has 0 unspecified atom stereocenters.